The largest absolute Gasteiger partial charge is 0.367 e. The molecule has 0 radical (unpaired) electrons. The number of carbonyl (C=O) groups is 3. The molecule has 1 atom stereocenters. The lowest BCUT2D eigenvalue weighted by Gasteiger charge is -2.28. The number of halogens is 3. The van der Waals surface area contributed by atoms with Crippen LogP contribution in [0.4, 0.5) is 14.5 Å². The number of likely N-dealkylation sites (N-methyl/N-ethyl adjacent to an activating group) is 1. The average Bonchev–Trinajstić information content (AvgIpc) is 3.21. The van der Waals surface area contributed by atoms with Gasteiger partial charge < -0.3 is 21.3 Å². The highest BCUT2D eigenvalue weighted by Gasteiger charge is 2.49. The summed E-state index contributed by atoms with van der Waals surface area (Å²) >= 11 is 5.89. The van der Waals surface area contributed by atoms with Gasteiger partial charge in [0.15, 0.2) is 5.54 Å². The summed E-state index contributed by atoms with van der Waals surface area (Å²) in [4.78, 5) is 43.6. The molecule has 3 amide bonds. The summed E-state index contributed by atoms with van der Waals surface area (Å²) in [6, 6.07) is 6.72. The van der Waals surface area contributed by atoms with E-state index in [1.807, 2.05) is 19.0 Å². The first-order chi connectivity index (χ1) is 16.1. The third-order valence-electron chi connectivity index (χ3n) is 5.19. The molecule has 1 unspecified atom stereocenters. The highest BCUT2D eigenvalue weighted by atomic mass is 35.5. The lowest BCUT2D eigenvalue weighted by atomic mass is 9.84. The SMILES string of the molecule is CN(C)CCNC(=O)C1=NCNC1(C(N)=O)c1ccc(NC(=O)c2ccc(F)cc2Cl)c(F)c1. The first-order valence-electron chi connectivity index (χ1n) is 10.2. The Hall–Kier alpha value is -3.41. The molecule has 0 spiro atoms. The molecule has 0 bridgehead atoms. The number of nitrogens with two attached hydrogens (primary N) is 1. The summed E-state index contributed by atoms with van der Waals surface area (Å²) < 4.78 is 28.2. The number of hydrogen-bond acceptors (Lipinski definition) is 6. The van der Waals surface area contributed by atoms with E-state index in [1.165, 1.54) is 18.2 Å². The maximum Gasteiger partial charge on any atom is 0.268 e. The third-order valence-corrected chi connectivity index (χ3v) is 5.50. The number of anilines is 1. The van der Waals surface area contributed by atoms with Crippen LogP contribution in [0.2, 0.25) is 5.02 Å². The van der Waals surface area contributed by atoms with Crippen molar-refractivity contribution in [3.8, 4) is 0 Å². The predicted molar refractivity (Wildman–Crippen MR) is 124 cm³/mol. The van der Waals surface area contributed by atoms with Gasteiger partial charge in [0, 0.05) is 13.1 Å². The second kappa shape index (κ2) is 10.2. The van der Waals surface area contributed by atoms with Crippen molar-refractivity contribution in [3.05, 3.63) is 64.2 Å². The number of nitrogens with zero attached hydrogens (tertiary/aromatic N) is 2. The number of primary amides is 1. The first-order valence-corrected chi connectivity index (χ1v) is 10.5. The fraction of sp³-hybridized carbons (Fsp3) is 0.273. The fourth-order valence-corrected chi connectivity index (χ4v) is 3.71. The van der Waals surface area contributed by atoms with Crippen molar-refractivity contribution >= 4 is 40.7 Å². The van der Waals surface area contributed by atoms with Crippen LogP contribution in [0.1, 0.15) is 15.9 Å². The molecule has 0 saturated carbocycles. The van der Waals surface area contributed by atoms with E-state index in [-0.39, 0.29) is 34.2 Å². The lowest BCUT2D eigenvalue weighted by molar-refractivity contribution is -0.123. The fourth-order valence-electron chi connectivity index (χ4n) is 3.46. The van der Waals surface area contributed by atoms with Crippen molar-refractivity contribution in [1.29, 1.82) is 0 Å². The zero-order chi connectivity index (χ0) is 25.0. The maximum atomic E-state index is 15.0. The Bertz CT molecular complexity index is 1170. The molecular formula is C22H23ClF2N6O3. The van der Waals surface area contributed by atoms with E-state index in [0.29, 0.717) is 13.1 Å². The van der Waals surface area contributed by atoms with E-state index in [4.69, 9.17) is 17.3 Å². The van der Waals surface area contributed by atoms with E-state index in [1.54, 1.807) is 0 Å². The summed E-state index contributed by atoms with van der Waals surface area (Å²) in [6.45, 7) is 0.768. The van der Waals surface area contributed by atoms with Crippen LogP contribution in [-0.2, 0) is 15.1 Å². The Labute approximate surface area is 199 Å². The lowest BCUT2D eigenvalue weighted by Crippen LogP contribution is -2.58. The Morgan fingerprint density at radius 1 is 1.18 bits per heavy atom. The van der Waals surface area contributed by atoms with E-state index in [2.05, 4.69) is 20.9 Å². The second-order valence-electron chi connectivity index (χ2n) is 7.79. The first kappa shape index (κ1) is 25.2. The number of carbonyl (C=O) groups excluding carboxylic acids is 3. The van der Waals surface area contributed by atoms with Gasteiger partial charge in [-0.2, -0.15) is 0 Å². The highest BCUT2D eigenvalue weighted by Crippen LogP contribution is 2.30. The molecule has 12 heteroatoms. The zero-order valence-corrected chi connectivity index (χ0v) is 19.2. The van der Waals surface area contributed by atoms with Crippen LogP contribution < -0.4 is 21.7 Å². The van der Waals surface area contributed by atoms with Gasteiger partial charge in [0.1, 0.15) is 17.3 Å². The number of amides is 3. The number of nitrogens with one attached hydrogen (secondary N) is 3. The molecule has 3 rings (SSSR count). The molecule has 0 aromatic heterocycles. The minimum atomic E-state index is -1.86. The van der Waals surface area contributed by atoms with Crippen molar-refractivity contribution in [2.75, 3.05) is 39.2 Å². The molecule has 0 aliphatic carbocycles. The molecule has 180 valence electrons. The standard InChI is InChI=1S/C22H23ClF2N6O3/c1-31(2)8-7-27-20(33)18-22(21(26)34,29-11-28-18)12-3-6-17(16(25)9-12)30-19(32)14-5-4-13(24)10-15(14)23/h3-6,9-10,29H,7-8,11H2,1-2H3,(H2,26,34)(H,27,33)(H,30,32). The minimum Gasteiger partial charge on any atom is -0.367 e. The van der Waals surface area contributed by atoms with Gasteiger partial charge in [0.05, 0.1) is 22.9 Å². The monoisotopic (exact) mass is 492 g/mol. The van der Waals surface area contributed by atoms with Gasteiger partial charge in [0.2, 0.25) is 5.91 Å². The quantitative estimate of drug-likeness (QED) is 0.440. The summed E-state index contributed by atoms with van der Waals surface area (Å²) in [5.74, 6) is -3.84. The second-order valence-corrected chi connectivity index (χ2v) is 8.20. The van der Waals surface area contributed by atoms with Crippen molar-refractivity contribution in [2.45, 2.75) is 5.54 Å². The van der Waals surface area contributed by atoms with E-state index in [0.717, 1.165) is 18.2 Å². The molecule has 1 aliphatic rings. The molecule has 1 aliphatic heterocycles. The number of hydrogen-bond donors (Lipinski definition) is 4. The Morgan fingerprint density at radius 3 is 2.53 bits per heavy atom. The topological polar surface area (TPSA) is 129 Å². The molecule has 34 heavy (non-hydrogen) atoms. The molecule has 1 heterocycles. The van der Waals surface area contributed by atoms with Crippen molar-refractivity contribution in [2.24, 2.45) is 10.7 Å². The van der Waals surface area contributed by atoms with E-state index in [9.17, 15) is 23.2 Å². The Morgan fingerprint density at radius 2 is 1.91 bits per heavy atom. The van der Waals surface area contributed by atoms with Gasteiger partial charge in [0.25, 0.3) is 11.8 Å². The average molecular weight is 493 g/mol. The summed E-state index contributed by atoms with van der Waals surface area (Å²) in [7, 11) is 3.67. The van der Waals surface area contributed by atoms with Crippen LogP contribution in [0.15, 0.2) is 41.4 Å². The highest BCUT2D eigenvalue weighted by molar-refractivity contribution is 6.47. The van der Waals surface area contributed by atoms with Gasteiger partial charge in [-0.3, -0.25) is 24.7 Å². The Balaban J connectivity index is 1.87. The summed E-state index contributed by atoms with van der Waals surface area (Å²) in [6.07, 6.45) is 0. The van der Waals surface area contributed by atoms with E-state index < -0.39 is 34.9 Å². The molecule has 2 aromatic carbocycles. The summed E-state index contributed by atoms with van der Waals surface area (Å²) in [5.41, 5.74) is 3.35. The van der Waals surface area contributed by atoms with Crippen LogP contribution in [0.5, 0.6) is 0 Å². The van der Waals surface area contributed by atoms with Crippen LogP contribution in [0.3, 0.4) is 0 Å². The molecular weight excluding hydrogens is 470 g/mol. The van der Waals surface area contributed by atoms with Gasteiger partial charge >= 0.3 is 0 Å². The number of aliphatic imine (C=N–C) groups is 1. The van der Waals surface area contributed by atoms with Crippen LogP contribution in [0, 0.1) is 11.6 Å². The van der Waals surface area contributed by atoms with Gasteiger partial charge in [-0.05, 0) is 50.0 Å². The van der Waals surface area contributed by atoms with Crippen molar-refractivity contribution in [1.82, 2.24) is 15.5 Å². The molecule has 5 N–H and O–H groups in total. The molecule has 0 saturated heterocycles. The zero-order valence-electron chi connectivity index (χ0n) is 18.4. The van der Waals surface area contributed by atoms with E-state index >= 15 is 0 Å². The Kier molecular flexibility index (Phi) is 7.60. The molecule has 2 aromatic rings. The predicted octanol–water partition coefficient (Wildman–Crippen LogP) is 1.23. The molecule has 0 fully saturated rings. The molecule has 9 nitrogen and oxygen atoms in total. The van der Waals surface area contributed by atoms with Crippen molar-refractivity contribution < 1.29 is 23.2 Å². The van der Waals surface area contributed by atoms with Crippen LogP contribution >= 0.6 is 11.6 Å². The van der Waals surface area contributed by atoms with Crippen molar-refractivity contribution in [3.63, 3.8) is 0 Å². The third kappa shape index (κ3) is 5.06. The van der Waals surface area contributed by atoms with Gasteiger partial charge in [-0.1, -0.05) is 17.7 Å². The normalized spacial score (nSPS) is 17.4. The summed E-state index contributed by atoms with van der Waals surface area (Å²) in [5, 5.41) is 7.66. The number of rotatable bonds is 8. The minimum absolute atomic E-state index is 0.0364. The maximum absolute atomic E-state index is 15.0. The smallest absolute Gasteiger partial charge is 0.268 e. The number of benzene rings is 2. The van der Waals surface area contributed by atoms with Crippen LogP contribution in [0.25, 0.3) is 0 Å². The van der Waals surface area contributed by atoms with Gasteiger partial charge in [-0.25, -0.2) is 8.78 Å². The van der Waals surface area contributed by atoms with Crippen LogP contribution in [-0.4, -0.2) is 62.2 Å². The van der Waals surface area contributed by atoms with Gasteiger partial charge in [-0.15, -0.1) is 0 Å².